The Morgan fingerprint density at radius 1 is 1.30 bits per heavy atom. The molecule has 1 fully saturated rings. The summed E-state index contributed by atoms with van der Waals surface area (Å²) in [6.07, 6.45) is 3.69. The normalized spacial score (nSPS) is 14.4. The minimum absolute atomic E-state index is 0.547. The predicted octanol–water partition coefficient (Wildman–Crippen LogP) is 3.54. The molecule has 0 aliphatic heterocycles. The summed E-state index contributed by atoms with van der Waals surface area (Å²) >= 11 is 1.71. The first-order chi connectivity index (χ1) is 9.83. The van der Waals surface area contributed by atoms with Crippen molar-refractivity contribution >= 4 is 11.3 Å². The van der Waals surface area contributed by atoms with Crippen LogP contribution in [0.5, 0.6) is 5.75 Å². The molecule has 1 saturated carbocycles. The molecule has 0 bridgehead atoms. The van der Waals surface area contributed by atoms with Crippen molar-refractivity contribution in [1.29, 1.82) is 0 Å². The van der Waals surface area contributed by atoms with Gasteiger partial charge in [-0.05, 0) is 37.0 Å². The Hall–Kier alpha value is -1.39. The summed E-state index contributed by atoms with van der Waals surface area (Å²) in [5, 5.41) is 6.72. The van der Waals surface area contributed by atoms with Crippen molar-refractivity contribution in [3.05, 3.63) is 45.9 Å². The van der Waals surface area contributed by atoms with Gasteiger partial charge >= 0.3 is 0 Å². The van der Waals surface area contributed by atoms with Crippen LogP contribution in [0.25, 0.3) is 0 Å². The predicted molar refractivity (Wildman–Crippen MR) is 82.1 cm³/mol. The second-order valence-corrected chi connectivity index (χ2v) is 6.12. The number of hydrogen-bond donors (Lipinski definition) is 1. The van der Waals surface area contributed by atoms with E-state index in [-0.39, 0.29) is 0 Å². The third-order valence-electron chi connectivity index (χ3n) is 3.44. The highest BCUT2D eigenvalue weighted by Gasteiger charge is 2.20. The number of nitrogens with one attached hydrogen (secondary N) is 1. The molecule has 1 aromatic heterocycles. The molecule has 3 nitrogen and oxygen atoms in total. The summed E-state index contributed by atoms with van der Waals surface area (Å²) in [6, 6.07) is 9.01. The summed E-state index contributed by atoms with van der Waals surface area (Å²) in [7, 11) is 0. The molecular weight excluding hydrogens is 268 g/mol. The second kappa shape index (κ2) is 6.37. The topological polar surface area (TPSA) is 34.1 Å². The lowest BCUT2D eigenvalue weighted by atomic mass is 10.2. The van der Waals surface area contributed by atoms with E-state index in [9.17, 15) is 0 Å². The molecule has 1 aliphatic carbocycles. The molecule has 0 radical (unpaired) electrons. The van der Waals surface area contributed by atoms with Gasteiger partial charge in [0, 0.05) is 18.0 Å². The number of hydrogen-bond acceptors (Lipinski definition) is 4. The molecule has 106 valence electrons. The SMILES string of the molecule is CCc1ccc(OCc2csc(CNC3CC3)n2)cc1. The van der Waals surface area contributed by atoms with E-state index >= 15 is 0 Å². The molecular formula is C16H20N2OS. The lowest BCUT2D eigenvalue weighted by molar-refractivity contribution is 0.302. The van der Waals surface area contributed by atoms with Gasteiger partial charge in [-0.15, -0.1) is 11.3 Å². The van der Waals surface area contributed by atoms with Gasteiger partial charge in [-0.3, -0.25) is 0 Å². The van der Waals surface area contributed by atoms with Gasteiger partial charge in [0.1, 0.15) is 17.4 Å². The van der Waals surface area contributed by atoms with Crippen molar-refractivity contribution in [2.24, 2.45) is 0 Å². The van der Waals surface area contributed by atoms with Crippen LogP contribution in [0.2, 0.25) is 0 Å². The zero-order valence-electron chi connectivity index (χ0n) is 11.8. The maximum atomic E-state index is 5.77. The monoisotopic (exact) mass is 288 g/mol. The highest BCUT2D eigenvalue weighted by atomic mass is 32.1. The van der Waals surface area contributed by atoms with E-state index < -0.39 is 0 Å². The smallest absolute Gasteiger partial charge is 0.131 e. The van der Waals surface area contributed by atoms with Gasteiger partial charge < -0.3 is 10.1 Å². The molecule has 1 aliphatic rings. The summed E-state index contributed by atoms with van der Waals surface area (Å²) < 4.78 is 5.77. The van der Waals surface area contributed by atoms with Gasteiger partial charge in [0.25, 0.3) is 0 Å². The summed E-state index contributed by atoms with van der Waals surface area (Å²) in [4.78, 5) is 4.59. The number of ether oxygens (including phenoxy) is 1. The average molecular weight is 288 g/mol. The minimum atomic E-state index is 0.547. The maximum Gasteiger partial charge on any atom is 0.131 e. The van der Waals surface area contributed by atoms with Gasteiger partial charge in [0.05, 0.1) is 5.69 Å². The lowest BCUT2D eigenvalue weighted by Crippen LogP contribution is -2.15. The summed E-state index contributed by atoms with van der Waals surface area (Å²) in [5.74, 6) is 0.910. The first-order valence-corrected chi connectivity index (χ1v) is 8.10. The Bertz CT molecular complexity index is 546. The van der Waals surface area contributed by atoms with Crippen LogP contribution >= 0.6 is 11.3 Å². The van der Waals surface area contributed by atoms with Crippen LogP contribution in [0.1, 0.15) is 36.0 Å². The quantitative estimate of drug-likeness (QED) is 0.846. The van der Waals surface area contributed by atoms with Crippen molar-refractivity contribution in [2.75, 3.05) is 0 Å². The first kappa shape index (κ1) is 13.6. The maximum absolute atomic E-state index is 5.77. The number of benzene rings is 1. The van der Waals surface area contributed by atoms with Crippen LogP contribution in [0.15, 0.2) is 29.6 Å². The van der Waals surface area contributed by atoms with E-state index in [1.165, 1.54) is 18.4 Å². The third-order valence-corrected chi connectivity index (χ3v) is 4.33. The van der Waals surface area contributed by atoms with Crippen LogP contribution in [-0.2, 0) is 19.6 Å². The molecule has 0 saturated heterocycles. The molecule has 3 rings (SSSR count). The minimum Gasteiger partial charge on any atom is -0.487 e. The standard InChI is InChI=1S/C16H20N2OS/c1-2-12-3-7-15(8-4-12)19-10-14-11-20-16(18-14)9-17-13-5-6-13/h3-4,7-8,11,13,17H,2,5-6,9-10H2,1H3. The molecule has 1 N–H and O–H groups in total. The zero-order valence-corrected chi connectivity index (χ0v) is 12.6. The molecule has 2 aromatic rings. The second-order valence-electron chi connectivity index (χ2n) is 5.17. The highest BCUT2D eigenvalue weighted by molar-refractivity contribution is 7.09. The number of aryl methyl sites for hydroxylation is 1. The van der Waals surface area contributed by atoms with Crippen LogP contribution in [0, 0.1) is 0 Å². The molecule has 1 aromatic carbocycles. The van der Waals surface area contributed by atoms with E-state index in [0.717, 1.165) is 35.5 Å². The van der Waals surface area contributed by atoms with Gasteiger partial charge in [-0.2, -0.15) is 0 Å². The lowest BCUT2D eigenvalue weighted by Gasteiger charge is -2.05. The fourth-order valence-corrected chi connectivity index (χ4v) is 2.72. The number of nitrogens with zero attached hydrogens (tertiary/aromatic N) is 1. The van der Waals surface area contributed by atoms with Crippen LogP contribution in [0.3, 0.4) is 0 Å². The van der Waals surface area contributed by atoms with Crippen molar-refractivity contribution in [2.45, 2.75) is 45.4 Å². The molecule has 0 spiro atoms. The van der Waals surface area contributed by atoms with E-state index in [0.29, 0.717) is 6.61 Å². The molecule has 1 heterocycles. The highest BCUT2D eigenvalue weighted by Crippen LogP contribution is 2.20. The number of aromatic nitrogens is 1. The van der Waals surface area contributed by atoms with E-state index in [2.05, 4.69) is 34.7 Å². The molecule has 0 unspecified atom stereocenters. The fourth-order valence-electron chi connectivity index (χ4n) is 1.99. The number of thiazole rings is 1. The Labute approximate surface area is 124 Å². The zero-order chi connectivity index (χ0) is 13.8. The summed E-state index contributed by atoms with van der Waals surface area (Å²) in [5.41, 5.74) is 2.35. The Morgan fingerprint density at radius 3 is 2.80 bits per heavy atom. The van der Waals surface area contributed by atoms with Crippen molar-refractivity contribution in [3.63, 3.8) is 0 Å². The van der Waals surface area contributed by atoms with Crippen molar-refractivity contribution in [3.8, 4) is 5.75 Å². The van der Waals surface area contributed by atoms with Crippen LogP contribution in [-0.4, -0.2) is 11.0 Å². The van der Waals surface area contributed by atoms with Gasteiger partial charge in [0.2, 0.25) is 0 Å². The van der Waals surface area contributed by atoms with E-state index in [1.54, 1.807) is 11.3 Å². The average Bonchev–Trinajstić information content (AvgIpc) is 3.22. The Morgan fingerprint density at radius 2 is 2.10 bits per heavy atom. The van der Waals surface area contributed by atoms with Gasteiger partial charge in [-0.1, -0.05) is 19.1 Å². The molecule has 0 amide bonds. The van der Waals surface area contributed by atoms with Crippen molar-refractivity contribution in [1.82, 2.24) is 10.3 Å². The van der Waals surface area contributed by atoms with Crippen LogP contribution < -0.4 is 10.1 Å². The Kier molecular flexibility index (Phi) is 4.33. The molecule has 0 atom stereocenters. The van der Waals surface area contributed by atoms with E-state index in [4.69, 9.17) is 4.74 Å². The fraction of sp³-hybridized carbons (Fsp3) is 0.438. The molecule has 20 heavy (non-hydrogen) atoms. The van der Waals surface area contributed by atoms with Crippen molar-refractivity contribution < 1.29 is 4.74 Å². The third kappa shape index (κ3) is 3.81. The largest absolute Gasteiger partial charge is 0.487 e. The van der Waals surface area contributed by atoms with E-state index in [1.807, 2.05) is 12.1 Å². The van der Waals surface area contributed by atoms with Crippen LogP contribution in [0.4, 0.5) is 0 Å². The molecule has 4 heteroatoms. The first-order valence-electron chi connectivity index (χ1n) is 7.22. The summed E-state index contributed by atoms with van der Waals surface area (Å²) in [6.45, 7) is 3.59. The van der Waals surface area contributed by atoms with Gasteiger partial charge in [-0.25, -0.2) is 4.98 Å². The van der Waals surface area contributed by atoms with Gasteiger partial charge in [0.15, 0.2) is 0 Å². The number of rotatable bonds is 7. The Balaban J connectivity index is 1.49.